The van der Waals surface area contributed by atoms with Gasteiger partial charge in [0.15, 0.2) is 5.76 Å². The van der Waals surface area contributed by atoms with E-state index >= 15 is 0 Å². The van der Waals surface area contributed by atoms with Crippen LogP contribution in [-0.4, -0.2) is 45.5 Å². The monoisotopic (exact) mass is 416 g/mol. The lowest BCUT2D eigenvalue weighted by Gasteiger charge is -2.23. The molecule has 0 unspecified atom stereocenters. The SMILES string of the molecule is CCCC[C@H](C)C[C@H](O)/C=C/[C@@H]1[C@@H]2[C@H](C[C@H]1O)O/C(=C\CCCC(=O)O)C2(F)F. The van der Waals surface area contributed by atoms with E-state index in [9.17, 15) is 23.8 Å². The summed E-state index contributed by atoms with van der Waals surface area (Å²) in [4.78, 5) is 10.6. The third-order valence-electron chi connectivity index (χ3n) is 5.93. The molecule has 1 heterocycles. The van der Waals surface area contributed by atoms with Gasteiger partial charge in [-0.3, -0.25) is 4.79 Å². The number of hydrogen-bond acceptors (Lipinski definition) is 4. The lowest BCUT2D eigenvalue weighted by molar-refractivity contribution is -0.137. The van der Waals surface area contributed by atoms with Gasteiger partial charge in [0.1, 0.15) is 6.10 Å². The minimum atomic E-state index is -3.22. The molecule has 0 bridgehead atoms. The average molecular weight is 417 g/mol. The van der Waals surface area contributed by atoms with E-state index in [4.69, 9.17) is 9.84 Å². The molecule has 1 saturated heterocycles. The fourth-order valence-electron chi connectivity index (χ4n) is 4.37. The number of alkyl halides is 2. The molecule has 1 aliphatic carbocycles. The van der Waals surface area contributed by atoms with Crippen molar-refractivity contribution in [2.24, 2.45) is 17.8 Å². The number of rotatable bonds is 11. The van der Waals surface area contributed by atoms with Gasteiger partial charge in [-0.15, -0.1) is 0 Å². The minimum Gasteiger partial charge on any atom is -0.488 e. The van der Waals surface area contributed by atoms with Gasteiger partial charge < -0.3 is 20.1 Å². The van der Waals surface area contributed by atoms with E-state index in [-0.39, 0.29) is 25.7 Å². The summed E-state index contributed by atoms with van der Waals surface area (Å²) in [7, 11) is 0. The maximum Gasteiger partial charge on any atom is 0.310 e. The van der Waals surface area contributed by atoms with E-state index in [2.05, 4.69) is 13.8 Å². The molecule has 3 N–H and O–H groups in total. The summed E-state index contributed by atoms with van der Waals surface area (Å²) in [6.45, 7) is 4.17. The number of fused-ring (bicyclic) bond motifs is 1. The second-order valence-electron chi connectivity index (χ2n) is 8.48. The fraction of sp³-hybridized carbons (Fsp3) is 0.773. The van der Waals surface area contributed by atoms with Crippen LogP contribution in [-0.2, 0) is 9.53 Å². The van der Waals surface area contributed by atoms with Crippen molar-refractivity contribution in [1.82, 2.24) is 0 Å². The highest BCUT2D eigenvalue weighted by Gasteiger charge is 2.63. The first kappa shape index (κ1) is 23.8. The Morgan fingerprint density at radius 2 is 2.10 bits per heavy atom. The molecule has 6 atom stereocenters. The molecule has 0 radical (unpaired) electrons. The number of carbonyl (C=O) groups is 1. The number of ether oxygens (including phenoxy) is 1. The van der Waals surface area contributed by atoms with Gasteiger partial charge in [0.25, 0.3) is 0 Å². The predicted molar refractivity (Wildman–Crippen MR) is 105 cm³/mol. The zero-order valence-electron chi connectivity index (χ0n) is 17.3. The van der Waals surface area contributed by atoms with Crippen molar-refractivity contribution in [2.45, 2.75) is 89.4 Å². The van der Waals surface area contributed by atoms with Crippen LogP contribution in [0, 0.1) is 17.8 Å². The maximum absolute atomic E-state index is 14.9. The number of aliphatic carboxylic acids is 1. The number of halogens is 2. The van der Waals surface area contributed by atoms with Crippen molar-refractivity contribution in [3.8, 4) is 0 Å². The van der Waals surface area contributed by atoms with Crippen LogP contribution in [0.3, 0.4) is 0 Å². The summed E-state index contributed by atoms with van der Waals surface area (Å²) >= 11 is 0. The summed E-state index contributed by atoms with van der Waals surface area (Å²) in [5.74, 6) is -6.23. The molecule has 5 nitrogen and oxygen atoms in total. The van der Waals surface area contributed by atoms with Gasteiger partial charge in [-0.25, -0.2) is 0 Å². The van der Waals surface area contributed by atoms with Crippen LogP contribution in [0.15, 0.2) is 24.0 Å². The number of unbranched alkanes of at least 4 members (excludes halogenated alkanes) is 2. The second-order valence-corrected chi connectivity index (χ2v) is 8.48. The van der Waals surface area contributed by atoms with Crippen molar-refractivity contribution in [3.63, 3.8) is 0 Å². The molecule has 0 spiro atoms. The Morgan fingerprint density at radius 3 is 2.76 bits per heavy atom. The molecule has 29 heavy (non-hydrogen) atoms. The summed E-state index contributed by atoms with van der Waals surface area (Å²) in [5, 5.41) is 29.1. The smallest absolute Gasteiger partial charge is 0.310 e. The van der Waals surface area contributed by atoms with Crippen LogP contribution in [0.4, 0.5) is 8.78 Å². The highest BCUT2D eigenvalue weighted by Crippen LogP contribution is 2.54. The average Bonchev–Trinajstić information content (AvgIpc) is 3.07. The second kappa shape index (κ2) is 10.5. The molecule has 0 aromatic rings. The molecular formula is C22H34F2O5. The van der Waals surface area contributed by atoms with Gasteiger partial charge in [-0.1, -0.05) is 45.3 Å². The topological polar surface area (TPSA) is 87.0 Å². The zero-order valence-corrected chi connectivity index (χ0v) is 17.3. The van der Waals surface area contributed by atoms with Gasteiger partial charge >= 0.3 is 11.9 Å². The van der Waals surface area contributed by atoms with Crippen LogP contribution >= 0.6 is 0 Å². The van der Waals surface area contributed by atoms with Crippen LogP contribution in [0.1, 0.15) is 65.2 Å². The molecule has 0 aromatic carbocycles. The summed E-state index contributed by atoms with van der Waals surface area (Å²) in [6, 6.07) is 0. The molecule has 7 heteroatoms. The first-order chi connectivity index (χ1) is 13.7. The third kappa shape index (κ3) is 6.25. The van der Waals surface area contributed by atoms with Gasteiger partial charge in [0, 0.05) is 18.8 Å². The molecule has 1 saturated carbocycles. The number of carboxylic acid groups (broad SMARTS) is 1. The quantitative estimate of drug-likeness (QED) is 0.345. The van der Waals surface area contributed by atoms with Crippen LogP contribution in [0.5, 0.6) is 0 Å². The van der Waals surface area contributed by atoms with E-state index in [1.807, 2.05) is 0 Å². The standard InChI is InChI=1S/C22H34F2O5/c1-3-4-7-14(2)12-15(25)10-11-16-17(26)13-18-21(16)22(23,24)19(29-18)8-5-6-9-20(27)28/h8,10-11,14-18,21,25-26H,3-7,9,12-13H2,1-2H3,(H,27,28)/b11-10+,19-8-/t14-,15+,16-,17+,18-,21+/m0/s1. The highest BCUT2D eigenvalue weighted by atomic mass is 19.3. The van der Waals surface area contributed by atoms with Crippen molar-refractivity contribution >= 4 is 5.97 Å². The Hall–Kier alpha value is -1.47. The number of aliphatic hydroxyl groups excluding tert-OH is 2. The summed E-state index contributed by atoms with van der Waals surface area (Å²) in [6.07, 6.45) is 6.15. The Morgan fingerprint density at radius 1 is 1.38 bits per heavy atom. The molecule has 2 rings (SSSR count). The van der Waals surface area contributed by atoms with E-state index < -0.39 is 47.8 Å². The number of allylic oxidation sites excluding steroid dienone is 2. The molecule has 2 aliphatic rings. The van der Waals surface area contributed by atoms with Crippen molar-refractivity contribution in [3.05, 3.63) is 24.0 Å². The van der Waals surface area contributed by atoms with E-state index in [1.165, 1.54) is 18.2 Å². The molecule has 2 fully saturated rings. The number of carboxylic acids is 1. The van der Waals surface area contributed by atoms with Crippen LogP contribution in [0.2, 0.25) is 0 Å². The normalized spacial score (nSPS) is 31.7. The minimum absolute atomic E-state index is 0.0825. The molecule has 166 valence electrons. The Labute approximate surface area is 171 Å². The molecular weight excluding hydrogens is 382 g/mol. The molecule has 0 aromatic heterocycles. The van der Waals surface area contributed by atoms with Gasteiger partial charge in [0.2, 0.25) is 0 Å². The molecule has 1 aliphatic heterocycles. The zero-order chi connectivity index (χ0) is 21.6. The summed E-state index contributed by atoms with van der Waals surface area (Å²) in [5.41, 5.74) is 0. The van der Waals surface area contributed by atoms with E-state index in [1.54, 1.807) is 0 Å². The van der Waals surface area contributed by atoms with E-state index in [0.717, 1.165) is 19.3 Å². The van der Waals surface area contributed by atoms with Gasteiger partial charge in [0.05, 0.1) is 18.1 Å². The van der Waals surface area contributed by atoms with Crippen LogP contribution in [0.25, 0.3) is 0 Å². The van der Waals surface area contributed by atoms with E-state index in [0.29, 0.717) is 12.3 Å². The van der Waals surface area contributed by atoms with Gasteiger partial charge in [-0.2, -0.15) is 8.78 Å². The lowest BCUT2D eigenvalue weighted by Crippen LogP contribution is -2.33. The van der Waals surface area contributed by atoms with Crippen molar-refractivity contribution in [1.29, 1.82) is 0 Å². The largest absolute Gasteiger partial charge is 0.488 e. The third-order valence-corrected chi connectivity index (χ3v) is 5.93. The van der Waals surface area contributed by atoms with Crippen molar-refractivity contribution in [2.75, 3.05) is 0 Å². The summed E-state index contributed by atoms with van der Waals surface area (Å²) < 4.78 is 35.3. The fourth-order valence-corrected chi connectivity index (χ4v) is 4.37. The Bertz CT molecular complexity index is 604. The molecule has 0 amide bonds. The van der Waals surface area contributed by atoms with Crippen molar-refractivity contribution < 1.29 is 33.6 Å². The maximum atomic E-state index is 14.9. The Balaban J connectivity index is 1.99. The first-order valence-corrected chi connectivity index (χ1v) is 10.7. The van der Waals surface area contributed by atoms with Crippen LogP contribution < -0.4 is 0 Å². The lowest BCUT2D eigenvalue weighted by atomic mass is 9.87. The number of hydrogen-bond donors (Lipinski definition) is 3. The Kier molecular flexibility index (Phi) is 8.64. The predicted octanol–water partition coefficient (Wildman–Crippen LogP) is 4.29. The first-order valence-electron chi connectivity index (χ1n) is 10.7. The highest BCUT2D eigenvalue weighted by molar-refractivity contribution is 5.66. The number of aliphatic hydroxyl groups is 2. The van der Waals surface area contributed by atoms with Gasteiger partial charge in [-0.05, 0) is 31.3 Å².